The van der Waals surface area contributed by atoms with Gasteiger partial charge in [-0.05, 0) is 41.9 Å². The van der Waals surface area contributed by atoms with Crippen LogP contribution in [0.25, 0.3) is 10.4 Å². The summed E-state index contributed by atoms with van der Waals surface area (Å²) in [5.74, 6) is 0.951. The topological polar surface area (TPSA) is 87.1 Å². The molecule has 1 N–H and O–H groups in total. The maximum absolute atomic E-state index is 12.4. The summed E-state index contributed by atoms with van der Waals surface area (Å²) in [7, 11) is 0. The largest absolute Gasteiger partial charge is 0.455 e. The summed E-state index contributed by atoms with van der Waals surface area (Å²) >= 11 is 0. The number of amides is 1. The van der Waals surface area contributed by atoms with Crippen molar-refractivity contribution in [1.29, 1.82) is 0 Å². The first kappa shape index (κ1) is 16.1. The van der Waals surface area contributed by atoms with E-state index in [4.69, 9.17) is 10.3 Å². The molecule has 0 saturated heterocycles. The van der Waals surface area contributed by atoms with E-state index in [0.717, 1.165) is 0 Å². The molecule has 0 aliphatic rings. The maximum atomic E-state index is 12.4. The number of nitrogens with one attached hydrogen (secondary N) is 1. The van der Waals surface area contributed by atoms with Crippen molar-refractivity contribution in [3.8, 4) is 11.5 Å². The molecule has 1 amide bonds. The first-order chi connectivity index (χ1) is 12.3. The Bertz CT molecular complexity index is 918. The summed E-state index contributed by atoms with van der Waals surface area (Å²) in [6.45, 7) is 0. The number of carbonyl (C=O) groups excluding carboxylic acids is 1. The van der Waals surface area contributed by atoms with Crippen molar-refractivity contribution in [3.05, 3.63) is 94.9 Å². The van der Waals surface area contributed by atoms with Crippen molar-refractivity contribution in [2.75, 3.05) is 5.32 Å². The Morgan fingerprint density at radius 2 is 1.60 bits per heavy atom. The summed E-state index contributed by atoms with van der Waals surface area (Å²) in [6, 6.07) is 22.9. The molecule has 0 atom stereocenters. The molecule has 3 aromatic carbocycles. The Hall–Kier alpha value is -3.76. The van der Waals surface area contributed by atoms with Gasteiger partial charge in [0.25, 0.3) is 5.91 Å². The first-order valence-electron chi connectivity index (χ1n) is 7.55. The average molecular weight is 330 g/mol. The zero-order chi connectivity index (χ0) is 17.5. The van der Waals surface area contributed by atoms with Gasteiger partial charge in [0, 0.05) is 16.2 Å². The van der Waals surface area contributed by atoms with Gasteiger partial charge in [-0.25, -0.2) is 0 Å². The van der Waals surface area contributed by atoms with E-state index in [0.29, 0.717) is 28.4 Å². The van der Waals surface area contributed by atoms with Gasteiger partial charge in [-0.3, -0.25) is 4.79 Å². The summed E-state index contributed by atoms with van der Waals surface area (Å²) in [5.41, 5.74) is 9.88. The number of azide groups is 1. The molecule has 25 heavy (non-hydrogen) atoms. The third-order valence-corrected chi connectivity index (χ3v) is 3.40. The Balaban J connectivity index is 1.78. The van der Waals surface area contributed by atoms with Crippen molar-refractivity contribution in [1.82, 2.24) is 0 Å². The van der Waals surface area contributed by atoms with Crippen LogP contribution < -0.4 is 10.1 Å². The van der Waals surface area contributed by atoms with Gasteiger partial charge in [-0.2, -0.15) is 0 Å². The van der Waals surface area contributed by atoms with Crippen molar-refractivity contribution in [3.63, 3.8) is 0 Å². The predicted octanol–water partition coefficient (Wildman–Crippen LogP) is 5.67. The number of carbonyl (C=O) groups is 1. The number of ether oxygens (including phenoxy) is 1. The minimum atomic E-state index is -0.281. The summed E-state index contributed by atoms with van der Waals surface area (Å²) in [5, 5.41) is 6.31. The maximum Gasteiger partial charge on any atom is 0.255 e. The molecule has 0 bridgehead atoms. The lowest BCUT2D eigenvalue weighted by Gasteiger charge is -2.12. The van der Waals surface area contributed by atoms with Crippen LogP contribution in [-0.2, 0) is 0 Å². The number of nitrogens with zero attached hydrogens (tertiary/aromatic N) is 3. The fraction of sp³-hybridized carbons (Fsp3) is 0. The molecule has 0 aliphatic carbocycles. The second-order valence-corrected chi connectivity index (χ2v) is 5.10. The van der Waals surface area contributed by atoms with E-state index in [2.05, 4.69) is 15.3 Å². The monoisotopic (exact) mass is 330 g/mol. The lowest BCUT2D eigenvalue weighted by molar-refractivity contribution is 0.102. The minimum absolute atomic E-state index is 0.281. The zero-order valence-corrected chi connectivity index (χ0v) is 13.2. The molecule has 0 aromatic heterocycles. The molecule has 0 spiro atoms. The average Bonchev–Trinajstić information content (AvgIpc) is 2.65. The number of rotatable bonds is 5. The molecule has 6 nitrogen and oxygen atoms in total. The highest BCUT2D eigenvalue weighted by Crippen LogP contribution is 2.29. The van der Waals surface area contributed by atoms with E-state index in [9.17, 15) is 4.79 Å². The van der Waals surface area contributed by atoms with Crippen LogP contribution in [-0.4, -0.2) is 5.91 Å². The highest BCUT2D eigenvalue weighted by Gasteiger charge is 2.10. The van der Waals surface area contributed by atoms with E-state index < -0.39 is 0 Å². The molecule has 3 aromatic rings. The Labute approximate surface area is 144 Å². The third kappa shape index (κ3) is 4.16. The van der Waals surface area contributed by atoms with Crippen LogP contribution in [0.4, 0.5) is 11.4 Å². The van der Waals surface area contributed by atoms with Gasteiger partial charge in [-0.1, -0.05) is 47.6 Å². The number of para-hydroxylation sites is 3. The fourth-order valence-electron chi connectivity index (χ4n) is 2.20. The quantitative estimate of drug-likeness (QED) is 0.371. The first-order valence-corrected chi connectivity index (χ1v) is 7.55. The predicted molar refractivity (Wildman–Crippen MR) is 96.2 cm³/mol. The molecular formula is C19H14N4O2. The minimum Gasteiger partial charge on any atom is -0.455 e. The molecule has 122 valence electrons. The Morgan fingerprint density at radius 3 is 2.32 bits per heavy atom. The second kappa shape index (κ2) is 7.68. The molecular weight excluding hydrogens is 316 g/mol. The van der Waals surface area contributed by atoms with Crippen LogP contribution in [0.2, 0.25) is 0 Å². The zero-order valence-electron chi connectivity index (χ0n) is 13.2. The number of hydrogen-bond acceptors (Lipinski definition) is 3. The number of anilines is 1. The third-order valence-electron chi connectivity index (χ3n) is 3.40. The van der Waals surface area contributed by atoms with E-state index in [1.807, 2.05) is 42.5 Å². The Kier molecular flexibility index (Phi) is 4.95. The molecule has 0 aliphatic heterocycles. The van der Waals surface area contributed by atoms with Crippen LogP contribution in [0, 0.1) is 0 Å². The molecule has 0 fully saturated rings. The van der Waals surface area contributed by atoms with Crippen LogP contribution >= 0.6 is 0 Å². The highest BCUT2D eigenvalue weighted by atomic mass is 16.5. The normalized spacial score (nSPS) is 9.76. The van der Waals surface area contributed by atoms with Crippen LogP contribution in [0.3, 0.4) is 0 Å². The summed E-state index contributed by atoms with van der Waals surface area (Å²) < 4.78 is 5.83. The SMILES string of the molecule is [N-]=[N+]=Nc1ccc(C(=O)Nc2ccccc2Oc2ccccc2)cc1. The number of hydrogen-bond donors (Lipinski definition) is 1. The van der Waals surface area contributed by atoms with E-state index in [-0.39, 0.29) is 5.91 Å². The van der Waals surface area contributed by atoms with Crippen molar-refractivity contribution in [2.45, 2.75) is 0 Å². The lowest BCUT2D eigenvalue weighted by Crippen LogP contribution is -2.12. The highest BCUT2D eigenvalue weighted by molar-refractivity contribution is 6.05. The van der Waals surface area contributed by atoms with Gasteiger partial charge in [0.05, 0.1) is 5.69 Å². The molecule has 0 saturated carbocycles. The van der Waals surface area contributed by atoms with E-state index >= 15 is 0 Å². The summed E-state index contributed by atoms with van der Waals surface area (Å²) in [4.78, 5) is 15.1. The van der Waals surface area contributed by atoms with Crippen LogP contribution in [0.1, 0.15) is 10.4 Å². The summed E-state index contributed by atoms with van der Waals surface area (Å²) in [6.07, 6.45) is 0. The van der Waals surface area contributed by atoms with Gasteiger partial charge >= 0.3 is 0 Å². The smallest absolute Gasteiger partial charge is 0.255 e. The van der Waals surface area contributed by atoms with Crippen LogP contribution in [0.15, 0.2) is 84.0 Å². The van der Waals surface area contributed by atoms with Gasteiger partial charge in [0.2, 0.25) is 0 Å². The Morgan fingerprint density at radius 1 is 0.920 bits per heavy atom. The van der Waals surface area contributed by atoms with Crippen LogP contribution in [0.5, 0.6) is 11.5 Å². The van der Waals surface area contributed by atoms with Crippen molar-refractivity contribution >= 4 is 17.3 Å². The van der Waals surface area contributed by atoms with Gasteiger partial charge in [-0.15, -0.1) is 0 Å². The lowest BCUT2D eigenvalue weighted by atomic mass is 10.2. The van der Waals surface area contributed by atoms with E-state index in [1.165, 1.54) is 0 Å². The number of benzene rings is 3. The molecule has 0 heterocycles. The van der Waals surface area contributed by atoms with E-state index in [1.54, 1.807) is 36.4 Å². The second-order valence-electron chi connectivity index (χ2n) is 5.10. The molecule has 0 unspecified atom stereocenters. The standard InChI is InChI=1S/C19H14N4O2/c20-23-22-15-12-10-14(11-13-15)19(24)21-17-8-4-5-9-18(17)25-16-6-2-1-3-7-16/h1-13H,(H,21,24). The van der Waals surface area contributed by atoms with Gasteiger partial charge in [0.1, 0.15) is 5.75 Å². The van der Waals surface area contributed by atoms with Crippen molar-refractivity contribution in [2.24, 2.45) is 5.11 Å². The molecule has 3 rings (SSSR count). The van der Waals surface area contributed by atoms with Crippen molar-refractivity contribution < 1.29 is 9.53 Å². The van der Waals surface area contributed by atoms with Gasteiger partial charge in [0.15, 0.2) is 5.75 Å². The van der Waals surface area contributed by atoms with Gasteiger partial charge < -0.3 is 10.1 Å². The molecule has 6 heteroatoms. The molecule has 0 radical (unpaired) electrons. The fourth-order valence-corrected chi connectivity index (χ4v) is 2.20.